The highest BCUT2D eigenvalue weighted by Gasteiger charge is 2.26. The molecule has 5 heteroatoms. The van der Waals surface area contributed by atoms with Crippen LogP contribution in [0.2, 0.25) is 0 Å². The van der Waals surface area contributed by atoms with Gasteiger partial charge in [0.1, 0.15) is 5.82 Å². The predicted molar refractivity (Wildman–Crippen MR) is 103 cm³/mol. The summed E-state index contributed by atoms with van der Waals surface area (Å²) in [5.41, 5.74) is 2.13. The van der Waals surface area contributed by atoms with Crippen LogP contribution in [0.15, 0.2) is 54.6 Å². The fourth-order valence-corrected chi connectivity index (χ4v) is 3.34. The van der Waals surface area contributed by atoms with Crippen LogP contribution in [0.4, 0.5) is 10.1 Å². The number of rotatable bonds is 5. The van der Waals surface area contributed by atoms with Gasteiger partial charge in [0.05, 0.1) is 12.1 Å². The molecule has 0 bridgehead atoms. The maximum Gasteiger partial charge on any atom is 0.237 e. The predicted octanol–water partition coefficient (Wildman–Crippen LogP) is 3.21. The average Bonchev–Trinajstić information content (AvgIpc) is 2.69. The number of benzene rings is 2. The Hall–Kier alpha value is -2.40. The van der Waals surface area contributed by atoms with Crippen LogP contribution < -0.4 is 10.2 Å². The number of anilines is 1. The van der Waals surface area contributed by atoms with E-state index < -0.39 is 0 Å². The number of halogens is 1. The molecule has 2 atom stereocenters. The molecule has 0 aromatic heterocycles. The number of carbonyl (C=O) groups excluding carboxylic acids is 1. The third-order valence-electron chi connectivity index (χ3n) is 5.09. The molecule has 1 aliphatic rings. The minimum atomic E-state index is -0.217. The number of hydrogen-bond acceptors (Lipinski definition) is 3. The molecule has 0 radical (unpaired) electrons. The quantitative estimate of drug-likeness (QED) is 0.895. The molecule has 0 spiro atoms. The van der Waals surface area contributed by atoms with Gasteiger partial charge >= 0.3 is 0 Å². The zero-order chi connectivity index (χ0) is 18.5. The SMILES string of the molecule is C[C@H](NC(=O)[C@@H](C)N1CCN(c2ccc(F)cc2)CC1)c1ccccc1. The molecule has 138 valence electrons. The first kappa shape index (κ1) is 18.4. The third-order valence-corrected chi connectivity index (χ3v) is 5.09. The highest BCUT2D eigenvalue weighted by molar-refractivity contribution is 5.81. The zero-order valence-corrected chi connectivity index (χ0v) is 15.4. The summed E-state index contributed by atoms with van der Waals surface area (Å²) in [6, 6.07) is 16.4. The number of nitrogens with one attached hydrogen (secondary N) is 1. The molecular weight excluding hydrogens is 329 g/mol. The summed E-state index contributed by atoms with van der Waals surface area (Å²) in [6.07, 6.45) is 0. The third kappa shape index (κ3) is 4.41. The first-order chi connectivity index (χ1) is 12.5. The van der Waals surface area contributed by atoms with Crippen LogP contribution >= 0.6 is 0 Å². The second-order valence-electron chi connectivity index (χ2n) is 6.82. The summed E-state index contributed by atoms with van der Waals surface area (Å²) >= 11 is 0. The molecular formula is C21H26FN3O. The minimum absolute atomic E-state index is 0.00773. The Balaban J connectivity index is 1.52. The normalized spacial score (nSPS) is 17.6. The maximum absolute atomic E-state index is 13.1. The van der Waals surface area contributed by atoms with E-state index in [1.807, 2.05) is 56.3 Å². The molecule has 2 aromatic rings. The van der Waals surface area contributed by atoms with E-state index >= 15 is 0 Å². The van der Waals surface area contributed by atoms with Crippen molar-refractivity contribution < 1.29 is 9.18 Å². The van der Waals surface area contributed by atoms with E-state index in [1.165, 1.54) is 12.1 Å². The fraction of sp³-hybridized carbons (Fsp3) is 0.381. The molecule has 0 unspecified atom stereocenters. The Morgan fingerprint density at radius 3 is 2.19 bits per heavy atom. The molecule has 0 aliphatic carbocycles. The van der Waals surface area contributed by atoms with Crippen molar-refractivity contribution in [1.29, 1.82) is 0 Å². The second-order valence-corrected chi connectivity index (χ2v) is 6.82. The summed E-state index contributed by atoms with van der Waals surface area (Å²) in [5.74, 6) is -0.165. The molecule has 1 fully saturated rings. The lowest BCUT2D eigenvalue weighted by Crippen LogP contribution is -2.54. The number of hydrogen-bond donors (Lipinski definition) is 1. The van der Waals surface area contributed by atoms with Gasteiger partial charge in [-0.05, 0) is 43.7 Å². The van der Waals surface area contributed by atoms with Gasteiger partial charge in [-0.15, -0.1) is 0 Å². The van der Waals surface area contributed by atoms with Crippen molar-refractivity contribution in [1.82, 2.24) is 10.2 Å². The average molecular weight is 355 g/mol. The van der Waals surface area contributed by atoms with Gasteiger partial charge in [-0.1, -0.05) is 30.3 Å². The van der Waals surface area contributed by atoms with Crippen molar-refractivity contribution in [3.63, 3.8) is 0 Å². The van der Waals surface area contributed by atoms with Crippen LogP contribution in [0.25, 0.3) is 0 Å². The standard InChI is InChI=1S/C21H26FN3O/c1-16(18-6-4-3-5-7-18)23-21(26)17(2)24-12-14-25(15-13-24)20-10-8-19(22)9-11-20/h3-11,16-17H,12-15H2,1-2H3,(H,23,26)/t16-,17+/m0/s1. The second kappa shape index (κ2) is 8.32. The lowest BCUT2D eigenvalue weighted by atomic mass is 10.1. The number of nitrogens with zero attached hydrogens (tertiary/aromatic N) is 2. The molecule has 2 aromatic carbocycles. The Kier molecular flexibility index (Phi) is 5.89. The summed E-state index contributed by atoms with van der Waals surface area (Å²) in [4.78, 5) is 17.0. The molecule has 4 nitrogen and oxygen atoms in total. The zero-order valence-electron chi connectivity index (χ0n) is 15.4. The maximum atomic E-state index is 13.1. The molecule has 1 amide bonds. The first-order valence-corrected chi connectivity index (χ1v) is 9.14. The number of amides is 1. The Morgan fingerprint density at radius 2 is 1.58 bits per heavy atom. The summed E-state index contributed by atoms with van der Waals surface area (Å²) < 4.78 is 13.1. The summed E-state index contributed by atoms with van der Waals surface area (Å²) in [6.45, 7) is 7.25. The highest BCUT2D eigenvalue weighted by Crippen LogP contribution is 2.18. The van der Waals surface area contributed by atoms with Crippen molar-refractivity contribution >= 4 is 11.6 Å². The van der Waals surface area contributed by atoms with Crippen molar-refractivity contribution in [3.8, 4) is 0 Å². The van der Waals surface area contributed by atoms with Crippen LogP contribution in [-0.4, -0.2) is 43.0 Å². The summed E-state index contributed by atoms with van der Waals surface area (Å²) in [7, 11) is 0. The topological polar surface area (TPSA) is 35.6 Å². The molecule has 26 heavy (non-hydrogen) atoms. The molecule has 0 saturated carbocycles. The van der Waals surface area contributed by atoms with Gasteiger partial charge in [-0.3, -0.25) is 9.69 Å². The Morgan fingerprint density at radius 1 is 0.962 bits per heavy atom. The smallest absolute Gasteiger partial charge is 0.237 e. The molecule has 1 saturated heterocycles. The van der Waals surface area contributed by atoms with E-state index in [9.17, 15) is 9.18 Å². The van der Waals surface area contributed by atoms with Crippen LogP contribution in [0.3, 0.4) is 0 Å². The van der Waals surface area contributed by atoms with E-state index in [0.29, 0.717) is 0 Å². The van der Waals surface area contributed by atoms with Gasteiger partial charge in [-0.2, -0.15) is 0 Å². The van der Waals surface area contributed by atoms with Crippen LogP contribution in [0, 0.1) is 5.82 Å². The lowest BCUT2D eigenvalue weighted by Gasteiger charge is -2.38. The first-order valence-electron chi connectivity index (χ1n) is 9.14. The van der Waals surface area contributed by atoms with Gasteiger partial charge in [0, 0.05) is 31.9 Å². The Bertz CT molecular complexity index is 712. The van der Waals surface area contributed by atoms with Crippen LogP contribution in [0.5, 0.6) is 0 Å². The van der Waals surface area contributed by atoms with Gasteiger partial charge in [-0.25, -0.2) is 4.39 Å². The Labute approximate surface area is 154 Å². The monoisotopic (exact) mass is 355 g/mol. The van der Waals surface area contributed by atoms with E-state index in [4.69, 9.17) is 0 Å². The van der Waals surface area contributed by atoms with E-state index in [0.717, 1.165) is 37.4 Å². The fourth-order valence-electron chi connectivity index (χ4n) is 3.34. The molecule has 1 heterocycles. The van der Waals surface area contributed by atoms with Crippen LogP contribution in [-0.2, 0) is 4.79 Å². The molecule has 1 aliphatic heterocycles. The molecule has 1 N–H and O–H groups in total. The lowest BCUT2D eigenvalue weighted by molar-refractivity contribution is -0.126. The molecule has 3 rings (SSSR count). The van der Waals surface area contributed by atoms with Crippen molar-refractivity contribution in [3.05, 3.63) is 66.0 Å². The van der Waals surface area contributed by atoms with Crippen molar-refractivity contribution in [2.75, 3.05) is 31.1 Å². The largest absolute Gasteiger partial charge is 0.369 e. The van der Waals surface area contributed by atoms with Crippen molar-refractivity contribution in [2.24, 2.45) is 0 Å². The number of carbonyl (C=O) groups is 1. The van der Waals surface area contributed by atoms with E-state index in [1.54, 1.807) is 0 Å². The highest BCUT2D eigenvalue weighted by atomic mass is 19.1. The van der Waals surface area contributed by atoms with E-state index in [-0.39, 0.29) is 23.8 Å². The van der Waals surface area contributed by atoms with Gasteiger partial charge in [0.25, 0.3) is 0 Å². The van der Waals surface area contributed by atoms with E-state index in [2.05, 4.69) is 15.1 Å². The van der Waals surface area contributed by atoms with Gasteiger partial charge in [0.15, 0.2) is 0 Å². The van der Waals surface area contributed by atoms with Crippen molar-refractivity contribution in [2.45, 2.75) is 25.9 Å². The van der Waals surface area contributed by atoms with Gasteiger partial charge in [0.2, 0.25) is 5.91 Å². The number of piperazine rings is 1. The summed E-state index contributed by atoms with van der Waals surface area (Å²) in [5, 5.41) is 3.11. The minimum Gasteiger partial charge on any atom is -0.369 e. The van der Waals surface area contributed by atoms with Gasteiger partial charge < -0.3 is 10.2 Å². The van der Waals surface area contributed by atoms with Crippen LogP contribution in [0.1, 0.15) is 25.5 Å².